The maximum atomic E-state index is 12.7. The zero-order chi connectivity index (χ0) is 17.2. The fraction of sp³-hybridized carbons (Fsp3) is 0.333. The number of imidazole rings is 1. The molecule has 1 saturated heterocycles. The first-order valence-corrected chi connectivity index (χ1v) is 8.31. The van der Waals surface area contributed by atoms with Crippen molar-refractivity contribution in [1.29, 1.82) is 0 Å². The molecule has 0 bridgehead atoms. The minimum absolute atomic E-state index is 0.0491. The van der Waals surface area contributed by atoms with Gasteiger partial charge in [0.2, 0.25) is 0 Å². The molecule has 1 fully saturated rings. The van der Waals surface area contributed by atoms with E-state index < -0.39 is 0 Å². The van der Waals surface area contributed by atoms with Crippen LogP contribution in [0.4, 0.5) is 0 Å². The Labute approximate surface area is 145 Å². The number of carbonyl (C=O) groups excluding carboxylic acids is 1. The van der Waals surface area contributed by atoms with Crippen LogP contribution in [0.25, 0.3) is 11.0 Å². The van der Waals surface area contributed by atoms with Crippen molar-refractivity contribution < 1.29 is 9.53 Å². The fourth-order valence-electron chi connectivity index (χ4n) is 3.25. The Kier molecular flexibility index (Phi) is 4.15. The number of ether oxygens (including phenoxy) is 1. The standard InChI is InChI=1S/C18H19N5O2/c1-23-11-19-10-15(23)16-9-12(5-8-25-16)22-18(24)13-3-2-4-14-17(13)21-7-6-20-14/h2-4,6-7,10-12,16H,5,8-9H2,1H3,(H,22,24)/t12-,16-/m1/s1. The molecule has 0 radical (unpaired) electrons. The van der Waals surface area contributed by atoms with Crippen LogP contribution >= 0.6 is 0 Å². The Balaban J connectivity index is 1.51. The van der Waals surface area contributed by atoms with Gasteiger partial charge in [0.15, 0.2) is 0 Å². The molecule has 1 aliphatic rings. The smallest absolute Gasteiger partial charge is 0.253 e. The second-order valence-electron chi connectivity index (χ2n) is 6.21. The minimum atomic E-state index is -0.123. The number of rotatable bonds is 3. The van der Waals surface area contributed by atoms with Crippen LogP contribution in [0.2, 0.25) is 0 Å². The molecule has 0 unspecified atom stereocenters. The average Bonchev–Trinajstić information content (AvgIpc) is 3.07. The average molecular weight is 337 g/mol. The van der Waals surface area contributed by atoms with Crippen LogP contribution in [0.1, 0.15) is 35.0 Å². The lowest BCUT2D eigenvalue weighted by molar-refractivity contribution is -0.00300. The Morgan fingerprint density at radius 1 is 1.32 bits per heavy atom. The van der Waals surface area contributed by atoms with E-state index in [1.807, 2.05) is 29.9 Å². The summed E-state index contributed by atoms with van der Waals surface area (Å²) in [5, 5.41) is 3.12. The first-order chi connectivity index (χ1) is 12.2. The van der Waals surface area contributed by atoms with Crippen molar-refractivity contribution in [2.75, 3.05) is 6.61 Å². The highest BCUT2D eigenvalue weighted by Crippen LogP contribution is 2.28. The highest BCUT2D eigenvalue weighted by molar-refractivity contribution is 6.04. The summed E-state index contributed by atoms with van der Waals surface area (Å²) in [5.74, 6) is -0.123. The van der Waals surface area contributed by atoms with Crippen LogP contribution in [-0.2, 0) is 11.8 Å². The number of hydrogen-bond acceptors (Lipinski definition) is 5. The topological polar surface area (TPSA) is 81.9 Å². The van der Waals surface area contributed by atoms with Gasteiger partial charge in [-0.1, -0.05) is 6.07 Å². The van der Waals surface area contributed by atoms with Crippen LogP contribution in [0.3, 0.4) is 0 Å². The third-order valence-electron chi connectivity index (χ3n) is 4.55. The summed E-state index contributed by atoms with van der Waals surface area (Å²) in [7, 11) is 1.95. The SMILES string of the molecule is Cn1cncc1[C@H]1C[C@H](NC(=O)c2cccc3nccnc23)CCO1. The van der Waals surface area contributed by atoms with Crippen LogP contribution in [-0.4, -0.2) is 38.1 Å². The number of benzene rings is 1. The van der Waals surface area contributed by atoms with Crippen molar-refractivity contribution in [3.05, 3.63) is 54.4 Å². The monoisotopic (exact) mass is 337 g/mol. The van der Waals surface area contributed by atoms with Gasteiger partial charge in [-0.25, -0.2) is 4.98 Å². The molecule has 2 atom stereocenters. The number of hydrogen-bond donors (Lipinski definition) is 1. The summed E-state index contributed by atoms with van der Waals surface area (Å²) < 4.78 is 7.81. The molecule has 7 heteroatoms. The number of nitrogens with one attached hydrogen (secondary N) is 1. The lowest BCUT2D eigenvalue weighted by Gasteiger charge is -2.30. The highest BCUT2D eigenvalue weighted by atomic mass is 16.5. The number of amides is 1. The third-order valence-corrected chi connectivity index (χ3v) is 4.55. The zero-order valence-corrected chi connectivity index (χ0v) is 13.9. The van der Waals surface area contributed by atoms with E-state index in [-0.39, 0.29) is 18.1 Å². The van der Waals surface area contributed by atoms with Crippen LogP contribution < -0.4 is 5.32 Å². The van der Waals surface area contributed by atoms with E-state index >= 15 is 0 Å². The van der Waals surface area contributed by atoms with Crippen molar-refractivity contribution in [3.63, 3.8) is 0 Å². The molecule has 25 heavy (non-hydrogen) atoms. The summed E-state index contributed by atoms with van der Waals surface area (Å²) in [6.07, 6.45) is 8.26. The van der Waals surface area contributed by atoms with Crippen molar-refractivity contribution in [2.45, 2.75) is 25.0 Å². The second kappa shape index (κ2) is 6.60. The molecule has 128 valence electrons. The summed E-state index contributed by atoms with van der Waals surface area (Å²) >= 11 is 0. The molecule has 1 aliphatic heterocycles. The largest absolute Gasteiger partial charge is 0.372 e. The van der Waals surface area contributed by atoms with Gasteiger partial charge in [-0.2, -0.15) is 0 Å². The summed E-state index contributed by atoms with van der Waals surface area (Å²) in [6, 6.07) is 5.51. The molecule has 0 spiro atoms. The van der Waals surface area contributed by atoms with Gasteiger partial charge in [-0.3, -0.25) is 14.8 Å². The molecule has 0 aliphatic carbocycles. The Bertz CT molecular complexity index is 902. The van der Waals surface area contributed by atoms with E-state index in [9.17, 15) is 4.79 Å². The molecule has 2 aromatic heterocycles. The number of para-hydroxylation sites is 1. The Morgan fingerprint density at radius 2 is 2.20 bits per heavy atom. The number of carbonyl (C=O) groups is 1. The van der Waals surface area contributed by atoms with E-state index in [0.29, 0.717) is 17.7 Å². The minimum Gasteiger partial charge on any atom is -0.372 e. The van der Waals surface area contributed by atoms with Crippen molar-refractivity contribution in [3.8, 4) is 0 Å². The van der Waals surface area contributed by atoms with E-state index in [2.05, 4.69) is 20.3 Å². The van der Waals surface area contributed by atoms with Crippen molar-refractivity contribution in [2.24, 2.45) is 7.05 Å². The lowest BCUT2D eigenvalue weighted by atomic mass is 10.0. The van der Waals surface area contributed by atoms with Gasteiger partial charge in [0, 0.05) is 32.1 Å². The molecule has 7 nitrogen and oxygen atoms in total. The normalized spacial score (nSPS) is 20.5. The quantitative estimate of drug-likeness (QED) is 0.791. The Morgan fingerprint density at radius 3 is 3.04 bits per heavy atom. The van der Waals surface area contributed by atoms with Gasteiger partial charge >= 0.3 is 0 Å². The van der Waals surface area contributed by atoms with E-state index in [1.165, 1.54) is 0 Å². The van der Waals surface area contributed by atoms with E-state index in [1.54, 1.807) is 24.8 Å². The number of fused-ring (bicyclic) bond motifs is 1. The molecule has 1 amide bonds. The maximum absolute atomic E-state index is 12.7. The zero-order valence-electron chi connectivity index (χ0n) is 13.9. The predicted octanol–water partition coefficient (Wildman–Crippen LogP) is 2.01. The fourth-order valence-corrected chi connectivity index (χ4v) is 3.25. The molecular formula is C18H19N5O2. The summed E-state index contributed by atoms with van der Waals surface area (Å²) in [6.45, 7) is 0.607. The van der Waals surface area contributed by atoms with Gasteiger partial charge in [0.25, 0.3) is 5.91 Å². The molecule has 1 aromatic carbocycles. The van der Waals surface area contributed by atoms with E-state index in [0.717, 1.165) is 24.1 Å². The molecule has 3 heterocycles. The first kappa shape index (κ1) is 15.7. The van der Waals surface area contributed by atoms with Crippen LogP contribution in [0.15, 0.2) is 43.1 Å². The van der Waals surface area contributed by atoms with Gasteiger partial charge in [-0.15, -0.1) is 0 Å². The predicted molar refractivity (Wildman–Crippen MR) is 91.9 cm³/mol. The maximum Gasteiger partial charge on any atom is 0.253 e. The molecular weight excluding hydrogens is 318 g/mol. The second-order valence-corrected chi connectivity index (χ2v) is 6.21. The van der Waals surface area contributed by atoms with Crippen LogP contribution in [0.5, 0.6) is 0 Å². The van der Waals surface area contributed by atoms with Gasteiger partial charge < -0.3 is 14.6 Å². The third kappa shape index (κ3) is 3.10. The number of aromatic nitrogens is 4. The van der Waals surface area contributed by atoms with Gasteiger partial charge in [0.1, 0.15) is 11.6 Å². The summed E-state index contributed by atoms with van der Waals surface area (Å²) in [4.78, 5) is 25.5. The van der Waals surface area contributed by atoms with Gasteiger partial charge in [0.05, 0.1) is 29.3 Å². The molecule has 0 saturated carbocycles. The number of aryl methyl sites for hydroxylation is 1. The number of nitrogens with zero attached hydrogens (tertiary/aromatic N) is 4. The van der Waals surface area contributed by atoms with Crippen LogP contribution in [0, 0.1) is 0 Å². The summed E-state index contributed by atoms with van der Waals surface area (Å²) in [5.41, 5.74) is 2.91. The molecule has 4 rings (SSSR count). The molecule has 1 N–H and O–H groups in total. The van der Waals surface area contributed by atoms with Gasteiger partial charge in [-0.05, 0) is 25.0 Å². The van der Waals surface area contributed by atoms with Crippen molar-refractivity contribution >= 4 is 16.9 Å². The van der Waals surface area contributed by atoms with E-state index in [4.69, 9.17) is 4.74 Å². The van der Waals surface area contributed by atoms with Crippen molar-refractivity contribution in [1.82, 2.24) is 24.8 Å². The first-order valence-electron chi connectivity index (χ1n) is 8.31. The Hall–Kier alpha value is -2.80. The molecule has 3 aromatic rings. The lowest BCUT2D eigenvalue weighted by Crippen LogP contribution is -2.40. The highest BCUT2D eigenvalue weighted by Gasteiger charge is 2.27.